The zero-order valence-corrected chi connectivity index (χ0v) is 10.3. The maximum Gasteiger partial charge on any atom is 0.357 e. The van der Waals surface area contributed by atoms with Gasteiger partial charge in [0, 0.05) is 11.9 Å². The Kier molecular flexibility index (Phi) is 3.26. The third-order valence-corrected chi connectivity index (χ3v) is 3.01. The molecule has 0 aliphatic carbocycles. The molecule has 0 unspecified atom stereocenters. The average molecular weight is 270 g/mol. The van der Waals surface area contributed by atoms with Gasteiger partial charge in [0.05, 0.1) is 5.01 Å². The van der Waals surface area contributed by atoms with Crippen molar-refractivity contribution >= 4 is 39.6 Å². The van der Waals surface area contributed by atoms with Crippen molar-refractivity contribution in [2.45, 2.75) is 6.92 Å². The highest BCUT2D eigenvalue weighted by Gasteiger charge is 2.15. The van der Waals surface area contributed by atoms with Gasteiger partial charge in [-0.05, 0) is 19.1 Å². The molecule has 7 heteroatoms. The Hall–Kier alpha value is -1.66. The van der Waals surface area contributed by atoms with Crippen molar-refractivity contribution in [2.75, 3.05) is 5.32 Å². The van der Waals surface area contributed by atoms with E-state index >= 15 is 0 Å². The molecule has 2 aromatic heterocycles. The number of anilines is 2. The molecule has 17 heavy (non-hydrogen) atoms. The number of nitrogens with zero attached hydrogens (tertiary/aromatic N) is 2. The van der Waals surface area contributed by atoms with Gasteiger partial charge in [0.1, 0.15) is 10.2 Å². The van der Waals surface area contributed by atoms with E-state index in [1.807, 2.05) is 0 Å². The van der Waals surface area contributed by atoms with Gasteiger partial charge < -0.3 is 10.4 Å². The zero-order valence-electron chi connectivity index (χ0n) is 8.77. The molecule has 5 nitrogen and oxygen atoms in total. The second kappa shape index (κ2) is 4.68. The molecule has 0 aliphatic heterocycles. The van der Waals surface area contributed by atoms with Crippen LogP contribution in [-0.4, -0.2) is 21.0 Å². The van der Waals surface area contributed by atoms with Gasteiger partial charge in [-0.1, -0.05) is 11.6 Å². The topological polar surface area (TPSA) is 75.1 Å². The van der Waals surface area contributed by atoms with Crippen molar-refractivity contribution in [3.8, 4) is 0 Å². The Morgan fingerprint density at radius 1 is 1.59 bits per heavy atom. The first kappa shape index (κ1) is 11.8. The number of pyridine rings is 1. The van der Waals surface area contributed by atoms with E-state index in [-0.39, 0.29) is 5.69 Å². The molecule has 0 saturated carbocycles. The van der Waals surface area contributed by atoms with E-state index < -0.39 is 5.97 Å². The van der Waals surface area contributed by atoms with E-state index in [1.54, 1.807) is 25.3 Å². The number of carboxylic acid groups (broad SMARTS) is 1. The normalized spacial score (nSPS) is 10.2. The third kappa shape index (κ3) is 2.72. The summed E-state index contributed by atoms with van der Waals surface area (Å²) >= 11 is 7.02. The number of carboxylic acids is 1. The highest BCUT2D eigenvalue weighted by molar-refractivity contribution is 7.16. The number of hydrogen-bond donors (Lipinski definition) is 2. The van der Waals surface area contributed by atoms with Crippen LogP contribution >= 0.6 is 22.9 Å². The van der Waals surface area contributed by atoms with Crippen LogP contribution in [0.3, 0.4) is 0 Å². The molecule has 0 fully saturated rings. The smallest absolute Gasteiger partial charge is 0.357 e. The summed E-state index contributed by atoms with van der Waals surface area (Å²) in [7, 11) is 0. The molecule has 0 aliphatic rings. The van der Waals surface area contributed by atoms with Gasteiger partial charge in [-0.15, -0.1) is 11.3 Å². The lowest BCUT2D eigenvalue weighted by atomic mass is 10.4. The lowest BCUT2D eigenvalue weighted by molar-refractivity contribution is 0.0692. The van der Waals surface area contributed by atoms with Crippen molar-refractivity contribution in [2.24, 2.45) is 0 Å². The van der Waals surface area contributed by atoms with Gasteiger partial charge in [0.25, 0.3) is 0 Å². The molecule has 0 spiro atoms. The van der Waals surface area contributed by atoms with Crippen LogP contribution in [0.1, 0.15) is 15.5 Å². The van der Waals surface area contributed by atoms with Crippen LogP contribution < -0.4 is 5.32 Å². The SMILES string of the molecule is Cc1nc(C(=O)O)c(Nc2ccnc(Cl)c2)s1. The van der Waals surface area contributed by atoms with E-state index in [0.717, 1.165) is 0 Å². The molecule has 0 atom stereocenters. The number of aromatic carboxylic acids is 1. The minimum Gasteiger partial charge on any atom is -0.476 e. The predicted molar refractivity (Wildman–Crippen MR) is 66.3 cm³/mol. The van der Waals surface area contributed by atoms with Gasteiger partial charge >= 0.3 is 5.97 Å². The van der Waals surface area contributed by atoms with Crippen molar-refractivity contribution in [1.29, 1.82) is 0 Å². The van der Waals surface area contributed by atoms with E-state index in [0.29, 0.717) is 20.8 Å². The molecular formula is C10H8ClN3O2S. The number of carbonyl (C=O) groups is 1. The molecule has 88 valence electrons. The fourth-order valence-corrected chi connectivity index (χ4v) is 2.27. The molecule has 2 heterocycles. The van der Waals surface area contributed by atoms with Crippen molar-refractivity contribution in [1.82, 2.24) is 9.97 Å². The first-order valence-electron chi connectivity index (χ1n) is 4.65. The number of halogens is 1. The molecule has 0 aromatic carbocycles. The van der Waals surface area contributed by atoms with Crippen LogP contribution in [0.2, 0.25) is 5.15 Å². The molecule has 0 amide bonds. The van der Waals surface area contributed by atoms with Gasteiger partial charge in [-0.3, -0.25) is 0 Å². The first-order chi connectivity index (χ1) is 8.06. The Morgan fingerprint density at radius 2 is 2.35 bits per heavy atom. The number of thiazole rings is 1. The first-order valence-corrected chi connectivity index (χ1v) is 5.85. The summed E-state index contributed by atoms with van der Waals surface area (Å²) < 4.78 is 0. The van der Waals surface area contributed by atoms with Crippen molar-refractivity contribution in [3.63, 3.8) is 0 Å². The highest BCUT2D eigenvalue weighted by atomic mass is 35.5. The second-order valence-corrected chi connectivity index (χ2v) is 4.80. The molecule has 0 saturated heterocycles. The van der Waals surface area contributed by atoms with E-state index in [9.17, 15) is 4.79 Å². The lowest BCUT2D eigenvalue weighted by Crippen LogP contribution is -2.01. The summed E-state index contributed by atoms with van der Waals surface area (Å²) in [6.45, 7) is 1.75. The Bertz CT molecular complexity index is 570. The summed E-state index contributed by atoms with van der Waals surface area (Å²) in [5.74, 6) is -1.06. The van der Waals surface area contributed by atoms with Crippen LogP contribution in [0.15, 0.2) is 18.3 Å². The van der Waals surface area contributed by atoms with Gasteiger partial charge in [-0.25, -0.2) is 14.8 Å². The second-order valence-electron chi connectivity index (χ2n) is 3.21. The highest BCUT2D eigenvalue weighted by Crippen LogP contribution is 2.28. The summed E-state index contributed by atoms with van der Waals surface area (Å²) in [6.07, 6.45) is 1.54. The van der Waals surface area contributed by atoms with E-state index in [2.05, 4.69) is 15.3 Å². The predicted octanol–water partition coefficient (Wildman–Crippen LogP) is 2.94. The lowest BCUT2D eigenvalue weighted by Gasteiger charge is -2.03. The number of aryl methyl sites for hydroxylation is 1. The number of aromatic nitrogens is 2. The van der Waals surface area contributed by atoms with Crippen LogP contribution in [0, 0.1) is 6.92 Å². The summed E-state index contributed by atoms with van der Waals surface area (Å²) in [4.78, 5) is 18.7. The monoisotopic (exact) mass is 269 g/mol. The summed E-state index contributed by atoms with van der Waals surface area (Å²) in [5, 5.41) is 13.5. The van der Waals surface area contributed by atoms with Gasteiger partial charge in [0.15, 0.2) is 5.69 Å². The minimum absolute atomic E-state index is 0.0143. The summed E-state index contributed by atoms with van der Waals surface area (Å²) in [6, 6.07) is 3.31. The quantitative estimate of drug-likeness (QED) is 0.838. The largest absolute Gasteiger partial charge is 0.476 e. The molecular weight excluding hydrogens is 262 g/mol. The Balaban J connectivity index is 2.32. The molecule has 2 rings (SSSR count). The Labute approximate surface area is 106 Å². The molecule has 0 radical (unpaired) electrons. The summed E-state index contributed by atoms with van der Waals surface area (Å²) in [5.41, 5.74) is 0.691. The van der Waals surface area contributed by atoms with Crippen LogP contribution in [-0.2, 0) is 0 Å². The maximum absolute atomic E-state index is 11.0. The number of nitrogens with one attached hydrogen (secondary N) is 1. The number of rotatable bonds is 3. The van der Waals surface area contributed by atoms with Crippen LogP contribution in [0.25, 0.3) is 0 Å². The Morgan fingerprint density at radius 3 is 3.00 bits per heavy atom. The minimum atomic E-state index is -1.06. The average Bonchev–Trinajstić information content (AvgIpc) is 2.59. The molecule has 0 bridgehead atoms. The van der Waals surface area contributed by atoms with Crippen molar-refractivity contribution in [3.05, 3.63) is 34.2 Å². The van der Waals surface area contributed by atoms with Gasteiger partial charge in [-0.2, -0.15) is 0 Å². The van der Waals surface area contributed by atoms with Crippen LogP contribution in [0.5, 0.6) is 0 Å². The van der Waals surface area contributed by atoms with Crippen molar-refractivity contribution < 1.29 is 9.90 Å². The standard InChI is InChI=1S/C10H8ClN3O2S/c1-5-13-8(10(15)16)9(17-5)14-6-2-3-12-7(11)4-6/h2-4H,1H3,(H,12,14)(H,15,16). The molecule has 2 N–H and O–H groups in total. The van der Waals surface area contributed by atoms with E-state index in [1.165, 1.54) is 11.3 Å². The fourth-order valence-electron chi connectivity index (χ4n) is 1.27. The fraction of sp³-hybridized carbons (Fsp3) is 0.100. The third-order valence-electron chi connectivity index (χ3n) is 1.92. The van der Waals surface area contributed by atoms with Gasteiger partial charge in [0.2, 0.25) is 0 Å². The molecule has 2 aromatic rings. The number of hydrogen-bond acceptors (Lipinski definition) is 5. The van der Waals surface area contributed by atoms with Crippen LogP contribution in [0.4, 0.5) is 10.7 Å². The maximum atomic E-state index is 11.0. The zero-order chi connectivity index (χ0) is 12.4. The van der Waals surface area contributed by atoms with E-state index in [4.69, 9.17) is 16.7 Å².